The highest BCUT2D eigenvalue weighted by Gasteiger charge is 2.15. The number of dihydropyridines is 1. The third-order valence-electron chi connectivity index (χ3n) is 3.18. The highest BCUT2D eigenvalue weighted by Crippen LogP contribution is 2.29. The van der Waals surface area contributed by atoms with Gasteiger partial charge >= 0.3 is 0 Å². The molecular formula is C16H20N2O. The predicted molar refractivity (Wildman–Crippen MR) is 80.4 cm³/mol. The average Bonchev–Trinajstić information content (AvgIpc) is 2.33. The number of aromatic hydroxyl groups is 1. The molecule has 1 aliphatic rings. The van der Waals surface area contributed by atoms with Crippen LogP contribution < -0.4 is 5.73 Å². The van der Waals surface area contributed by atoms with Gasteiger partial charge in [-0.15, -0.1) is 0 Å². The first-order valence-corrected chi connectivity index (χ1v) is 6.38. The Balaban J connectivity index is 2.42. The molecule has 1 unspecified atom stereocenters. The maximum atomic E-state index is 9.97. The minimum atomic E-state index is -0.359. The second kappa shape index (κ2) is 5.02. The molecule has 0 aromatic heterocycles. The van der Waals surface area contributed by atoms with E-state index in [4.69, 9.17) is 5.73 Å². The monoisotopic (exact) mass is 256 g/mol. The van der Waals surface area contributed by atoms with Gasteiger partial charge in [-0.3, -0.25) is 4.99 Å². The normalized spacial score (nSPS) is 21.1. The van der Waals surface area contributed by atoms with Crippen LogP contribution in [0, 0.1) is 0 Å². The molecule has 0 radical (unpaired) electrons. The second-order valence-corrected chi connectivity index (χ2v) is 5.77. The van der Waals surface area contributed by atoms with Gasteiger partial charge in [0.05, 0.1) is 0 Å². The van der Waals surface area contributed by atoms with Crippen molar-refractivity contribution in [3.05, 3.63) is 47.1 Å². The highest BCUT2D eigenvalue weighted by molar-refractivity contribution is 5.76. The van der Waals surface area contributed by atoms with E-state index in [1.165, 1.54) is 5.56 Å². The van der Waals surface area contributed by atoms with Gasteiger partial charge in [0.15, 0.2) is 0 Å². The molecule has 0 saturated carbocycles. The van der Waals surface area contributed by atoms with Crippen molar-refractivity contribution in [2.75, 3.05) is 0 Å². The Morgan fingerprint density at radius 1 is 1.32 bits per heavy atom. The van der Waals surface area contributed by atoms with Crippen LogP contribution in [0.15, 0.2) is 40.9 Å². The summed E-state index contributed by atoms with van der Waals surface area (Å²) in [6, 6.07) is 5.68. The number of hydrogen-bond acceptors (Lipinski definition) is 3. The van der Waals surface area contributed by atoms with Crippen molar-refractivity contribution in [2.45, 2.75) is 32.4 Å². The lowest BCUT2D eigenvalue weighted by Gasteiger charge is -2.20. The van der Waals surface area contributed by atoms with Crippen molar-refractivity contribution >= 4 is 12.3 Å². The molecule has 100 valence electrons. The summed E-state index contributed by atoms with van der Waals surface area (Å²) in [4.78, 5) is 4.12. The SMILES string of the molecule is CC(C)(C)c1ccc(O)c(C=C2C=CC=NC2N)c1. The zero-order valence-electron chi connectivity index (χ0n) is 11.6. The smallest absolute Gasteiger partial charge is 0.123 e. The summed E-state index contributed by atoms with van der Waals surface area (Å²) in [6.45, 7) is 6.44. The number of nitrogens with two attached hydrogens (primary N) is 1. The molecular weight excluding hydrogens is 236 g/mol. The first-order chi connectivity index (χ1) is 8.88. The van der Waals surface area contributed by atoms with Crippen molar-refractivity contribution in [1.29, 1.82) is 0 Å². The Hall–Kier alpha value is -1.87. The van der Waals surface area contributed by atoms with Crippen LogP contribution in [0.1, 0.15) is 31.9 Å². The summed E-state index contributed by atoms with van der Waals surface area (Å²) in [5.74, 6) is 0.260. The molecule has 0 bridgehead atoms. The van der Waals surface area contributed by atoms with Gasteiger partial charge in [0.1, 0.15) is 11.9 Å². The van der Waals surface area contributed by atoms with Crippen LogP contribution in [-0.2, 0) is 5.41 Å². The Morgan fingerprint density at radius 3 is 2.68 bits per heavy atom. The molecule has 1 atom stereocenters. The van der Waals surface area contributed by atoms with E-state index in [9.17, 15) is 5.11 Å². The van der Waals surface area contributed by atoms with Crippen LogP contribution in [0.4, 0.5) is 0 Å². The van der Waals surface area contributed by atoms with Crippen LogP contribution in [0.25, 0.3) is 6.08 Å². The van der Waals surface area contributed by atoms with Crippen molar-refractivity contribution in [3.63, 3.8) is 0 Å². The minimum Gasteiger partial charge on any atom is -0.507 e. The predicted octanol–water partition coefficient (Wildman–Crippen LogP) is 3.00. The molecule has 3 N–H and O–H groups in total. The number of nitrogens with zero attached hydrogens (tertiary/aromatic N) is 1. The second-order valence-electron chi connectivity index (χ2n) is 5.77. The summed E-state index contributed by atoms with van der Waals surface area (Å²) in [5, 5.41) is 9.97. The molecule has 1 aliphatic heterocycles. The molecule has 19 heavy (non-hydrogen) atoms. The lowest BCUT2D eigenvalue weighted by Crippen LogP contribution is -2.20. The van der Waals surface area contributed by atoms with Crippen molar-refractivity contribution < 1.29 is 5.11 Å². The van der Waals surface area contributed by atoms with Crippen LogP contribution in [0.5, 0.6) is 5.75 Å². The first kappa shape index (κ1) is 13.6. The van der Waals surface area contributed by atoms with Crippen LogP contribution in [0.3, 0.4) is 0 Å². The lowest BCUT2D eigenvalue weighted by atomic mass is 9.86. The van der Waals surface area contributed by atoms with E-state index in [0.717, 1.165) is 11.1 Å². The van der Waals surface area contributed by atoms with E-state index < -0.39 is 0 Å². The molecule has 1 heterocycles. The van der Waals surface area contributed by atoms with Crippen LogP contribution in [-0.4, -0.2) is 17.5 Å². The van der Waals surface area contributed by atoms with Crippen LogP contribution in [0.2, 0.25) is 0 Å². The summed E-state index contributed by atoms with van der Waals surface area (Å²) in [7, 11) is 0. The van der Waals surface area contributed by atoms with Gasteiger partial charge in [-0.25, -0.2) is 0 Å². The third-order valence-corrected chi connectivity index (χ3v) is 3.18. The van der Waals surface area contributed by atoms with E-state index >= 15 is 0 Å². The number of phenolic OH excluding ortho intramolecular Hbond substituents is 1. The summed E-state index contributed by atoms with van der Waals surface area (Å²) >= 11 is 0. The van der Waals surface area contributed by atoms with Gasteiger partial charge in [-0.1, -0.05) is 32.9 Å². The zero-order chi connectivity index (χ0) is 14.0. The highest BCUT2D eigenvalue weighted by atomic mass is 16.3. The summed E-state index contributed by atoms with van der Waals surface area (Å²) in [6.07, 6.45) is 6.99. The van der Waals surface area contributed by atoms with Crippen molar-refractivity contribution in [3.8, 4) is 5.75 Å². The Morgan fingerprint density at radius 2 is 2.05 bits per heavy atom. The van der Waals surface area contributed by atoms with E-state index in [2.05, 4.69) is 25.8 Å². The topological polar surface area (TPSA) is 58.6 Å². The number of rotatable bonds is 1. The molecule has 0 fully saturated rings. The zero-order valence-corrected chi connectivity index (χ0v) is 11.6. The van der Waals surface area contributed by atoms with Crippen molar-refractivity contribution in [2.24, 2.45) is 10.7 Å². The number of aliphatic imine (C=N–C) groups is 1. The summed E-state index contributed by atoms with van der Waals surface area (Å²) < 4.78 is 0. The standard InChI is InChI=1S/C16H20N2O/c1-16(2,3)13-6-7-14(19)12(10-13)9-11-5-4-8-18-15(11)17/h4-10,15,19H,17H2,1-3H3. The van der Waals surface area contributed by atoms with Gasteiger partial charge in [0, 0.05) is 11.8 Å². The molecule has 2 rings (SSSR count). The Labute approximate surface area is 114 Å². The number of phenols is 1. The lowest BCUT2D eigenvalue weighted by molar-refractivity contribution is 0.472. The maximum absolute atomic E-state index is 9.97. The van der Waals surface area contributed by atoms with Gasteiger partial charge in [0.25, 0.3) is 0 Å². The molecule has 3 nitrogen and oxygen atoms in total. The van der Waals surface area contributed by atoms with E-state index in [1.807, 2.05) is 30.4 Å². The van der Waals surface area contributed by atoms with E-state index in [-0.39, 0.29) is 17.3 Å². The number of hydrogen-bond donors (Lipinski definition) is 2. The fraction of sp³-hybridized carbons (Fsp3) is 0.312. The molecule has 0 spiro atoms. The van der Waals surface area contributed by atoms with E-state index in [0.29, 0.717) is 0 Å². The molecule has 3 heteroatoms. The van der Waals surface area contributed by atoms with Gasteiger partial charge < -0.3 is 10.8 Å². The summed E-state index contributed by atoms with van der Waals surface area (Å²) in [5.41, 5.74) is 8.79. The molecule has 0 aliphatic carbocycles. The van der Waals surface area contributed by atoms with Gasteiger partial charge in [-0.2, -0.15) is 0 Å². The first-order valence-electron chi connectivity index (χ1n) is 6.38. The third kappa shape index (κ3) is 3.12. The number of benzene rings is 1. The Bertz CT molecular complexity index is 563. The average molecular weight is 256 g/mol. The van der Waals surface area contributed by atoms with E-state index in [1.54, 1.807) is 12.3 Å². The minimum absolute atomic E-state index is 0.0453. The van der Waals surface area contributed by atoms with Crippen molar-refractivity contribution in [1.82, 2.24) is 0 Å². The molecule has 1 aromatic carbocycles. The molecule has 1 aromatic rings. The largest absolute Gasteiger partial charge is 0.507 e. The fourth-order valence-electron chi connectivity index (χ4n) is 1.93. The number of allylic oxidation sites excluding steroid dienone is 1. The van der Waals surface area contributed by atoms with Gasteiger partial charge in [-0.05, 0) is 40.8 Å². The maximum Gasteiger partial charge on any atom is 0.123 e. The fourth-order valence-corrected chi connectivity index (χ4v) is 1.93. The quantitative estimate of drug-likeness (QED) is 0.811. The molecule has 0 saturated heterocycles. The molecule has 0 amide bonds. The Kier molecular flexibility index (Phi) is 3.58. The van der Waals surface area contributed by atoms with Gasteiger partial charge in [0.2, 0.25) is 0 Å². The van der Waals surface area contributed by atoms with Crippen LogP contribution >= 0.6 is 0 Å².